The summed E-state index contributed by atoms with van der Waals surface area (Å²) in [5.74, 6) is -0.795. The summed E-state index contributed by atoms with van der Waals surface area (Å²) in [7, 11) is 0. The summed E-state index contributed by atoms with van der Waals surface area (Å²) in [4.78, 5) is 17.8. The van der Waals surface area contributed by atoms with Gasteiger partial charge in [-0.2, -0.15) is 4.39 Å². The highest BCUT2D eigenvalue weighted by atomic mass is 35.5. The Morgan fingerprint density at radius 2 is 2.14 bits per heavy atom. The van der Waals surface area contributed by atoms with Crippen LogP contribution in [0.1, 0.15) is 10.4 Å². The predicted molar refractivity (Wildman–Crippen MR) is 49.9 cm³/mol. The fourth-order valence-corrected chi connectivity index (χ4v) is 1.36. The molecule has 2 rings (SSSR count). The predicted octanol–water partition coefficient (Wildman–Crippen LogP) is 2.23. The van der Waals surface area contributed by atoms with Gasteiger partial charge in [0.1, 0.15) is 5.15 Å². The van der Waals surface area contributed by atoms with E-state index in [1.54, 1.807) is 0 Å². The maximum atomic E-state index is 13.0. The topological polar surface area (TPSA) is 42.9 Å². The summed E-state index contributed by atoms with van der Waals surface area (Å²) in [6.45, 7) is 0. The molecule has 0 aromatic carbocycles. The molecule has 0 saturated carbocycles. The lowest BCUT2D eigenvalue weighted by Crippen LogP contribution is -1.94. The molecule has 14 heavy (non-hydrogen) atoms. The highest BCUT2D eigenvalue weighted by molar-refractivity contribution is 6.30. The normalized spacial score (nSPS) is 10.4. The first-order chi connectivity index (χ1) is 6.72. The van der Waals surface area contributed by atoms with Crippen LogP contribution in [0, 0.1) is 5.95 Å². The van der Waals surface area contributed by atoms with Crippen LogP contribution in [0.5, 0.6) is 0 Å². The molecule has 5 heteroatoms. The zero-order valence-electron chi connectivity index (χ0n) is 6.87. The average Bonchev–Trinajstić information content (AvgIpc) is 2.18. The number of carbonyl (C=O) groups excluding carboxylic acids is 1. The van der Waals surface area contributed by atoms with E-state index < -0.39 is 5.95 Å². The number of fused-ring (bicyclic) bond motifs is 1. The summed E-state index contributed by atoms with van der Waals surface area (Å²) >= 11 is 5.63. The molecule has 2 heterocycles. The zero-order chi connectivity index (χ0) is 10.1. The molecule has 0 atom stereocenters. The number of carbonyl (C=O) groups is 1. The van der Waals surface area contributed by atoms with E-state index in [1.807, 2.05) is 0 Å². The molecule has 0 aliphatic heterocycles. The van der Waals surface area contributed by atoms with Crippen molar-refractivity contribution in [2.75, 3.05) is 0 Å². The smallest absolute Gasteiger partial charge is 0.224 e. The van der Waals surface area contributed by atoms with Crippen LogP contribution >= 0.6 is 11.6 Å². The van der Waals surface area contributed by atoms with Gasteiger partial charge >= 0.3 is 0 Å². The minimum absolute atomic E-state index is 0.0910. The van der Waals surface area contributed by atoms with Gasteiger partial charge in [-0.05, 0) is 6.07 Å². The summed E-state index contributed by atoms with van der Waals surface area (Å²) in [5.41, 5.74) is -0.0910. The molecule has 0 radical (unpaired) electrons. The third-order valence-electron chi connectivity index (χ3n) is 1.85. The Labute approximate surface area is 83.5 Å². The Kier molecular flexibility index (Phi) is 2.13. The molecule has 0 spiro atoms. The van der Waals surface area contributed by atoms with Crippen molar-refractivity contribution >= 4 is 28.7 Å². The van der Waals surface area contributed by atoms with Crippen molar-refractivity contribution in [2.24, 2.45) is 0 Å². The first kappa shape index (κ1) is 9.02. The number of hydrogen-bond donors (Lipinski definition) is 0. The SMILES string of the molecule is O=Cc1c(F)ncc2cc(Cl)ncc12. The second kappa shape index (κ2) is 3.31. The van der Waals surface area contributed by atoms with Gasteiger partial charge in [-0.3, -0.25) is 4.79 Å². The van der Waals surface area contributed by atoms with Crippen LogP contribution < -0.4 is 0 Å². The second-order valence-corrected chi connectivity index (χ2v) is 3.06. The lowest BCUT2D eigenvalue weighted by Gasteiger charge is -2.00. The van der Waals surface area contributed by atoms with Gasteiger partial charge in [0.25, 0.3) is 0 Å². The molecule has 0 unspecified atom stereocenters. The van der Waals surface area contributed by atoms with Crippen molar-refractivity contribution < 1.29 is 9.18 Å². The van der Waals surface area contributed by atoms with Crippen LogP contribution in [0.25, 0.3) is 10.8 Å². The molecule has 0 amide bonds. The van der Waals surface area contributed by atoms with Gasteiger partial charge in [0.05, 0.1) is 5.56 Å². The molecule has 0 fully saturated rings. The van der Waals surface area contributed by atoms with Gasteiger partial charge in [-0.15, -0.1) is 0 Å². The molecule has 0 aliphatic carbocycles. The Morgan fingerprint density at radius 1 is 1.36 bits per heavy atom. The molecule has 0 aliphatic rings. The lowest BCUT2D eigenvalue weighted by molar-refractivity contribution is 0.112. The van der Waals surface area contributed by atoms with E-state index in [2.05, 4.69) is 9.97 Å². The third-order valence-corrected chi connectivity index (χ3v) is 2.06. The molecule has 3 nitrogen and oxygen atoms in total. The van der Waals surface area contributed by atoms with E-state index in [9.17, 15) is 9.18 Å². The number of pyridine rings is 2. The molecule has 0 saturated heterocycles. The zero-order valence-corrected chi connectivity index (χ0v) is 7.62. The third kappa shape index (κ3) is 1.33. The number of rotatable bonds is 1. The average molecular weight is 211 g/mol. The van der Waals surface area contributed by atoms with Crippen molar-refractivity contribution in [1.82, 2.24) is 9.97 Å². The Hall–Kier alpha value is -1.55. The van der Waals surface area contributed by atoms with Gasteiger partial charge in [0, 0.05) is 23.2 Å². The van der Waals surface area contributed by atoms with Gasteiger partial charge in [-0.1, -0.05) is 11.6 Å². The Bertz CT molecular complexity index is 515. The van der Waals surface area contributed by atoms with Crippen molar-refractivity contribution in [3.8, 4) is 0 Å². The molecule has 2 aromatic rings. The van der Waals surface area contributed by atoms with Gasteiger partial charge in [-0.25, -0.2) is 9.97 Å². The second-order valence-electron chi connectivity index (χ2n) is 2.67. The largest absolute Gasteiger partial charge is 0.298 e. The first-order valence-electron chi connectivity index (χ1n) is 3.77. The minimum atomic E-state index is -0.795. The van der Waals surface area contributed by atoms with Crippen molar-refractivity contribution in [1.29, 1.82) is 0 Å². The van der Waals surface area contributed by atoms with Crippen LogP contribution in [0.3, 0.4) is 0 Å². The van der Waals surface area contributed by atoms with E-state index in [4.69, 9.17) is 11.6 Å². The van der Waals surface area contributed by atoms with Crippen LogP contribution in [0.2, 0.25) is 5.15 Å². The molecule has 2 aromatic heterocycles. The highest BCUT2D eigenvalue weighted by Gasteiger charge is 2.08. The van der Waals surface area contributed by atoms with Crippen LogP contribution in [-0.2, 0) is 0 Å². The maximum Gasteiger partial charge on any atom is 0.224 e. The van der Waals surface area contributed by atoms with Crippen LogP contribution in [0.4, 0.5) is 4.39 Å². The number of hydrogen-bond acceptors (Lipinski definition) is 3. The summed E-state index contributed by atoms with van der Waals surface area (Å²) in [6.07, 6.45) is 3.08. The number of halogens is 2. The van der Waals surface area contributed by atoms with E-state index in [-0.39, 0.29) is 10.7 Å². The molecular formula is C9H4ClFN2O. The first-order valence-corrected chi connectivity index (χ1v) is 4.15. The molecule has 0 bridgehead atoms. The maximum absolute atomic E-state index is 13.0. The number of nitrogens with zero attached hydrogens (tertiary/aromatic N) is 2. The van der Waals surface area contributed by atoms with E-state index in [1.165, 1.54) is 18.5 Å². The number of aromatic nitrogens is 2. The standard InChI is InChI=1S/C9H4ClFN2O/c10-8-1-5-2-13-9(11)7(4-14)6(5)3-12-8/h1-4H. The fourth-order valence-electron chi connectivity index (χ4n) is 1.19. The lowest BCUT2D eigenvalue weighted by atomic mass is 10.1. The fraction of sp³-hybridized carbons (Fsp3) is 0. The summed E-state index contributed by atoms with van der Waals surface area (Å²) in [5, 5.41) is 1.29. The quantitative estimate of drug-likeness (QED) is 0.536. The Balaban J connectivity index is 2.88. The monoisotopic (exact) mass is 210 g/mol. The Morgan fingerprint density at radius 3 is 2.86 bits per heavy atom. The van der Waals surface area contributed by atoms with Crippen molar-refractivity contribution in [3.63, 3.8) is 0 Å². The molecular weight excluding hydrogens is 207 g/mol. The van der Waals surface area contributed by atoms with E-state index in [0.717, 1.165) is 0 Å². The van der Waals surface area contributed by atoms with Crippen molar-refractivity contribution in [2.45, 2.75) is 0 Å². The van der Waals surface area contributed by atoms with Gasteiger partial charge < -0.3 is 0 Å². The van der Waals surface area contributed by atoms with Crippen molar-refractivity contribution in [3.05, 3.63) is 35.1 Å². The van der Waals surface area contributed by atoms with E-state index in [0.29, 0.717) is 17.1 Å². The molecule has 0 N–H and O–H groups in total. The minimum Gasteiger partial charge on any atom is -0.298 e. The summed E-state index contributed by atoms with van der Waals surface area (Å²) < 4.78 is 13.0. The van der Waals surface area contributed by atoms with Crippen LogP contribution in [-0.4, -0.2) is 16.3 Å². The van der Waals surface area contributed by atoms with E-state index >= 15 is 0 Å². The van der Waals surface area contributed by atoms with Gasteiger partial charge in [0.2, 0.25) is 5.95 Å². The summed E-state index contributed by atoms with van der Waals surface area (Å²) in [6, 6.07) is 1.52. The van der Waals surface area contributed by atoms with Crippen LogP contribution in [0.15, 0.2) is 18.5 Å². The molecule has 70 valence electrons. The highest BCUT2D eigenvalue weighted by Crippen LogP contribution is 2.19. The van der Waals surface area contributed by atoms with Gasteiger partial charge in [0.15, 0.2) is 6.29 Å². The number of aldehydes is 1.